The van der Waals surface area contributed by atoms with Gasteiger partial charge in [-0.15, -0.1) is 0 Å². The first-order valence-electron chi connectivity index (χ1n) is 5.74. The Hall–Kier alpha value is -2.01. The Balaban J connectivity index is 2.23. The van der Waals surface area contributed by atoms with Crippen molar-refractivity contribution in [3.63, 3.8) is 0 Å². The van der Waals surface area contributed by atoms with Gasteiger partial charge in [0.2, 0.25) is 5.95 Å². The Kier molecular flexibility index (Phi) is 2.71. The normalized spacial score (nSPS) is 13.0. The van der Waals surface area contributed by atoms with Crippen molar-refractivity contribution in [2.24, 2.45) is 0 Å². The molecule has 6 heteroatoms. The highest BCUT2D eigenvalue weighted by molar-refractivity contribution is 6.31. The lowest BCUT2D eigenvalue weighted by atomic mass is 10.2. The number of nitrogens with two attached hydrogens (primary N) is 1. The molecule has 0 fully saturated rings. The van der Waals surface area contributed by atoms with Crippen LogP contribution >= 0.6 is 11.6 Å². The van der Waals surface area contributed by atoms with E-state index in [9.17, 15) is 4.39 Å². The van der Waals surface area contributed by atoms with Gasteiger partial charge in [0.25, 0.3) is 0 Å². The van der Waals surface area contributed by atoms with Crippen molar-refractivity contribution in [2.45, 2.75) is 13.0 Å². The van der Waals surface area contributed by atoms with Gasteiger partial charge in [0.1, 0.15) is 11.6 Å². The Morgan fingerprint density at radius 1 is 1.47 bits per heavy atom. The van der Waals surface area contributed by atoms with Gasteiger partial charge in [0.15, 0.2) is 0 Å². The van der Waals surface area contributed by atoms with Crippen molar-refractivity contribution in [1.29, 1.82) is 0 Å². The first kappa shape index (κ1) is 12.0. The molecule has 3 aromatic rings. The molecule has 0 amide bonds. The summed E-state index contributed by atoms with van der Waals surface area (Å²) in [4.78, 5) is 4.19. The molecule has 0 aliphatic carbocycles. The van der Waals surface area contributed by atoms with Gasteiger partial charge in [-0.1, -0.05) is 11.6 Å². The maximum atomic E-state index is 13.6. The van der Waals surface area contributed by atoms with Crippen molar-refractivity contribution in [3.05, 3.63) is 47.1 Å². The molecule has 2 N–H and O–H groups in total. The molecule has 98 valence electrons. The number of rotatable bonds is 2. The van der Waals surface area contributed by atoms with E-state index >= 15 is 0 Å². The molecule has 0 spiro atoms. The summed E-state index contributed by atoms with van der Waals surface area (Å²) in [6.07, 6.45) is 1.58. The van der Waals surface area contributed by atoms with Gasteiger partial charge in [0, 0.05) is 6.07 Å². The molecular formula is C13H11ClFN3O. The van der Waals surface area contributed by atoms with Gasteiger partial charge in [-0.3, -0.25) is 4.57 Å². The SMILES string of the molecule is CC(c1ccco1)n1c(N)nc2cc(Cl)c(F)cc21. The molecule has 0 aliphatic heterocycles. The van der Waals surface area contributed by atoms with Crippen LogP contribution in [0.5, 0.6) is 0 Å². The number of benzene rings is 1. The first-order valence-corrected chi connectivity index (χ1v) is 6.11. The molecule has 4 nitrogen and oxygen atoms in total. The number of hydrogen-bond acceptors (Lipinski definition) is 3. The largest absolute Gasteiger partial charge is 0.467 e. The van der Waals surface area contributed by atoms with E-state index in [-0.39, 0.29) is 11.1 Å². The van der Waals surface area contributed by atoms with E-state index in [4.69, 9.17) is 21.8 Å². The molecule has 1 unspecified atom stereocenters. The van der Waals surface area contributed by atoms with Crippen LogP contribution in [-0.2, 0) is 0 Å². The second-order valence-corrected chi connectivity index (χ2v) is 4.69. The Labute approximate surface area is 113 Å². The van der Waals surface area contributed by atoms with Gasteiger partial charge in [0.05, 0.1) is 28.4 Å². The average molecular weight is 280 g/mol. The van der Waals surface area contributed by atoms with Crippen molar-refractivity contribution in [1.82, 2.24) is 9.55 Å². The lowest BCUT2D eigenvalue weighted by Crippen LogP contribution is -2.09. The van der Waals surface area contributed by atoms with E-state index in [1.165, 1.54) is 12.1 Å². The fourth-order valence-corrected chi connectivity index (χ4v) is 2.33. The summed E-state index contributed by atoms with van der Waals surface area (Å²) in [6.45, 7) is 1.91. The van der Waals surface area contributed by atoms with Crippen LogP contribution in [0.25, 0.3) is 11.0 Å². The first-order chi connectivity index (χ1) is 9.08. The minimum Gasteiger partial charge on any atom is -0.467 e. The van der Waals surface area contributed by atoms with Crippen LogP contribution in [0.15, 0.2) is 34.9 Å². The van der Waals surface area contributed by atoms with Crippen molar-refractivity contribution < 1.29 is 8.81 Å². The van der Waals surface area contributed by atoms with Gasteiger partial charge in [-0.05, 0) is 25.1 Å². The molecule has 0 aliphatic rings. The summed E-state index contributed by atoms with van der Waals surface area (Å²) in [6, 6.07) is 6.25. The lowest BCUT2D eigenvalue weighted by molar-refractivity contribution is 0.453. The number of nitrogens with zero attached hydrogens (tertiary/aromatic N) is 2. The Morgan fingerprint density at radius 2 is 2.26 bits per heavy atom. The maximum Gasteiger partial charge on any atom is 0.201 e. The quantitative estimate of drug-likeness (QED) is 0.779. The zero-order valence-corrected chi connectivity index (χ0v) is 10.9. The number of furan rings is 1. The van der Waals surface area contributed by atoms with Crippen LogP contribution in [0.1, 0.15) is 18.7 Å². The summed E-state index contributed by atoms with van der Waals surface area (Å²) in [5.41, 5.74) is 7.05. The second-order valence-electron chi connectivity index (χ2n) is 4.29. The maximum absolute atomic E-state index is 13.6. The number of aromatic nitrogens is 2. The summed E-state index contributed by atoms with van der Waals surface area (Å²) < 4.78 is 20.7. The molecular weight excluding hydrogens is 269 g/mol. The van der Waals surface area contributed by atoms with E-state index in [0.29, 0.717) is 17.0 Å². The Morgan fingerprint density at radius 3 is 2.95 bits per heavy atom. The van der Waals surface area contributed by atoms with Crippen LogP contribution in [0, 0.1) is 5.82 Å². The number of nitrogen functional groups attached to an aromatic ring is 1. The van der Waals surface area contributed by atoms with Crippen molar-refractivity contribution in [3.8, 4) is 0 Å². The third-order valence-electron chi connectivity index (χ3n) is 3.10. The summed E-state index contributed by atoms with van der Waals surface area (Å²) in [7, 11) is 0. The molecule has 0 saturated heterocycles. The second kappa shape index (κ2) is 4.28. The van der Waals surface area contributed by atoms with Crippen LogP contribution < -0.4 is 5.73 Å². The van der Waals surface area contributed by atoms with E-state index < -0.39 is 5.82 Å². The smallest absolute Gasteiger partial charge is 0.201 e. The van der Waals surface area contributed by atoms with Crippen molar-refractivity contribution in [2.75, 3.05) is 5.73 Å². The third-order valence-corrected chi connectivity index (χ3v) is 3.39. The standard InChI is InChI=1S/C13H11ClFN3O/c1-7(12-3-2-4-19-12)18-11-6-9(15)8(14)5-10(11)17-13(18)16/h2-7H,1H3,(H2,16,17). The van der Waals surface area contributed by atoms with Crippen LogP contribution in [0.3, 0.4) is 0 Å². The number of halogens is 2. The predicted octanol–water partition coefficient (Wildman–Crippen LogP) is 3.61. The van der Waals surface area contributed by atoms with E-state index in [2.05, 4.69) is 4.98 Å². The fourth-order valence-electron chi connectivity index (χ4n) is 2.17. The summed E-state index contributed by atoms with van der Waals surface area (Å²) in [5, 5.41) is 0.0304. The van der Waals surface area contributed by atoms with E-state index in [1.807, 2.05) is 13.0 Å². The number of anilines is 1. The number of imidazole rings is 1. The summed E-state index contributed by atoms with van der Waals surface area (Å²) in [5.74, 6) is 0.517. The van der Waals surface area contributed by atoms with Crippen LogP contribution in [-0.4, -0.2) is 9.55 Å². The highest BCUT2D eigenvalue weighted by Gasteiger charge is 2.19. The van der Waals surface area contributed by atoms with E-state index in [0.717, 1.165) is 5.76 Å². The zero-order chi connectivity index (χ0) is 13.6. The molecule has 1 atom stereocenters. The minimum absolute atomic E-state index is 0.0304. The Bertz CT molecular complexity index is 736. The van der Waals surface area contributed by atoms with Gasteiger partial charge in [-0.25, -0.2) is 9.37 Å². The lowest BCUT2D eigenvalue weighted by Gasteiger charge is -2.13. The van der Waals surface area contributed by atoms with Crippen LogP contribution in [0.2, 0.25) is 5.02 Å². The van der Waals surface area contributed by atoms with Crippen LogP contribution in [0.4, 0.5) is 10.3 Å². The summed E-state index contributed by atoms with van der Waals surface area (Å²) >= 11 is 5.74. The minimum atomic E-state index is -0.498. The van der Waals surface area contributed by atoms with E-state index in [1.54, 1.807) is 16.9 Å². The molecule has 1 aromatic carbocycles. The molecule has 0 radical (unpaired) electrons. The fraction of sp³-hybridized carbons (Fsp3) is 0.154. The number of hydrogen-bond donors (Lipinski definition) is 1. The molecule has 0 bridgehead atoms. The molecule has 2 aromatic heterocycles. The van der Waals surface area contributed by atoms with Gasteiger partial charge >= 0.3 is 0 Å². The molecule has 2 heterocycles. The molecule has 19 heavy (non-hydrogen) atoms. The predicted molar refractivity (Wildman–Crippen MR) is 71.6 cm³/mol. The van der Waals surface area contributed by atoms with Gasteiger partial charge in [-0.2, -0.15) is 0 Å². The highest BCUT2D eigenvalue weighted by Crippen LogP contribution is 2.30. The van der Waals surface area contributed by atoms with Crippen molar-refractivity contribution >= 4 is 28.6 Å². The van der Waals surface area contributed by atoms with Gasteiger partial charge < -0.3 is 10.2 Å². The monoisotopic (exact) mass is 279 g/mol. The highest BCUT2D eigenvalue weighted by atomic mass is 35.5. The number of fused-ring (bicyclic) bond motifs is 1. The third kappa shape index (κ3) is 1.86. The molecule has 3 rings (SSSR count). The molecule has 0 saturated carbocycles. The average Bonchev–Trinajstić information content (AvgIpc) is 2.97. The zero-order valence-electron chi connectivity index (χ0n) is 10.1. The topological polar surface area (TPSA) is 57.0 Å².